The average molecular weight is 405 g/mol. The van der Waals surface area contributed by atoms with Gasteiger partial charge in [0, 0.05) is 30.4 Å². The van der Waals surface area contributed by atoms with Crippen LogP contribution in [0.3, 0.4) is 0 Å². The molecule has 0 bridgehead atoms. The maximum absolute atomic E-state index is 5.49. The van der Waals surface area contributed by atoms with Crippen molar-refractivity contribution in [3.8, 4) is 22.8 Å². The van der Waals surface area contributed by atoms with Gasteiger partial charge in [0.2, 0.25) is 5.82 Å². The number of benzene rings is 1. The SMILES string of the molecule is CC(C)CN(Cc1nnc2cc(-c3nc(-c4ccccc4)no3)ccn12)CC(C)C. The van der Waals surface area contributed by atoms with Crippen LogP contribution < -0.4 is 0 Å². The Labute approximate surface area is 176 Å². The summed E-state index contributed by atoms with van der Waals surface area (Å²) >= 11 is 0. The number of nitrogens with zero attached hydrogens (tertiary/aromatic N) is 6. The minimum Gasteiger partial charge on any atom is -0.334 e. The molecule has 7 nitrogen and oxygen atoms in total. The molecule has 0 saturated carbocycles. The van der Waals surface area contributed by atoms with Crippen molar-refractivity contribution in [2.45, 2.75) is 34.2 Å². The monoisotopic (exact) mass is 404 g/mol. The minimum atomic E-state index is 0.474. The lowest BCUT2D eigenvalue weighted by atomic mass is 10.1. The Kier molecular flexibility index (Phi) is 5.90. The molecule has 0 aliphatic carbocycles. The fraction of sp³-hybridized carbons (Fsp3) is 0.391. The molecule has 0 saturated heterocycles. The highest BCUT2D eigenvalue weighted by molar-refractivity contribution is 5.62. The molecule has 0 atom stereocenters. The van der Waals surface area contributed by atoms with Crippen LogP contribution in [0.5, 0.6) is 0 Å². The van der Waals surface area contributed by atoms with E-state index in [2.05, 4.69) is 52.9 Å². The second-order valence-corrected chi connectivity index (χ2v) is 8.53. The summed E-state index contributed by atoms with van der Waals surface area (Å²) in [5.74, 6) is 3.19. The van der Waals surface area contributed by atoms with Gasteiger partial charge in [-0.25, -0.2) is 0 Å². The van der Waals surface area contributed by atoms with Crippen LogP contribution in [0.1, 0.15) is 33.5 Å². The summed E-state index contributed by atoms with van der Waals surface area (Å²) in [5.41, 5.74) is 2.53. The highest BCUT2D eigenvalue weighted by Crippen LogP contribution is 2.23. The van der Waals surface area contributed by atoms with E-state index in [4.69, 9.17) is 4.52 Å². The number of hydrogen-bond acceptors (Lipinski definition) is 6. The third-order valence-electron chi connectivity index (χ3n) is 4.80. The van der Waals surface area contributed by atoms with Crippen LogP contribution in [0.2, 0.25) is 0 Å². The van der Waals surface area contributed by atoms with E-state index >= 15 is 0 Å². The average Bonchev–Trinajstić information content (AvgIpc) is 3.35. The van der Waals surface area contributed by atoms with Gasteiger partial charge in [-0.05, 0) is 24.0 Å². The number of hydrogen-bond donors (Lipinski definition) is 0. The summed E-state index contributed by atoms with van der Waals surface area (Å²) in [6, 6.07) is 13.7. The van der Waals surface area contributed by atoms with Crippen LogP contribution in [-0.4, -0.2) is 42.7 Å². The van der Waals surface area contributed by atoms with Gasteiger partial charge >= 0.3 is 0 Å². The molecule has 156 valence electrons. The second kappa shape index (κ2) is 8.75. The molecule has 3 aromatic heterocycles. The van der Waals surface area contributed by atoms with E-state index in [0.29, 0.717) is 23.6 Å². The van der Waals surface area contributed by atoms with Gasteiger partial charge in [-0.2, -0.15) is 4.98 Å². The molecular weight excluding hydrogens is 376 g/mol. The maximum atomic E-state index is 5.49. The molecule has 0 aliphatic rings. The number of pyridine rings is 1. The van der Waals surface area contributed by atoms with E-state index in [1.54, 1.807) is 0 Å². The Morgan fingerprint density at radius 3 is 2.37 bits per heavy atom. The molecule has 0 fully saturated rings. The third kappa shape index (κ3) is 4.57. The molecule has 0 N–H and O–H groups in total. The largest absolute Gasteiger partial charge is 0.334 e. The van der Waals surface area contributed by atoms with Crippen molar-refractivity contribution in [1.29, 1.82) is 0 Å². The van der Waals surface area contributed by atoms with Crippen molar-refractivity contribution in [2.24, 2.45) is 11.8 Å². The van der Waals surface area contributed by atoms with Gasteiger partial charge in [-0.3, -0.25) is 9.30 Å². The Bertz CT molecular complexity index is 1090. The first-order valence-electron chi connectivity index (χ1n) is 10.4. The summed E-state index contributed by atoms with van der Waals surface area (Å²) in [6.45, 7) is 11.8. The first-order chi connectivity index (χ1) is 14.5. The molecule has 0 spiro atoms. The normalized spacial score (nSPS) is 12.0. The molecule has 4 rings (SSSR count). The molecule has 1 aromatic carbocycles. The highest BCUT2D eigenvalue weighted by atomic mass is 16.5. The topological polar surface area (TPSA) is 72.3 Å². The first kappa shape index (κ1) is 20.2. The summed E-state index contributed by atoms with van der Waals surface area (Å²) < 4.78 is 7.52. The van der Waals surface area contributed by atoms with E-state index < -0.39 is 0 Å². The Morgan fingerprint density at radius 1 is 0.933 bits per heavy atom. The van der Waals surface area contributed by atoms with Crippen LogP contribution in [0.4, 0.5) is 0 Å². The molecule has 0 unspecified atom stereocenters. The van der Waals surface area contributed by atoms with Gasteiger partial charge in [0.05, 0.1) is 6.54 Å². The molecule has 3 heterocycles. The van der Waals surface area contributed by atoms with Crippen molar-refractivity contribution >= 4 is 5.65 Å². The fourth-order valence-corrected chi connectivity index (χ4v) is 3.66. The smallest absolute Gasteiger partial charge is 0.258 e. The van der Waals surface area contributed by atoms with E-state index in [1.807, 2.05) is 53.1 Å². The quantitative estimate of drug-likeness (QED) is 0.429. The van der Waals surface area contributed by atoms with Crippen LogP contribution >= 0.6 is 0 Å². The molecular formula is C23H28N6O. The predicted molar refractivity (Wildman–Crippen MR) is 117 cm³/mol. The Morgan fingerprint density at radius 2 is 1.67 bits per heavy atom. The van der Waals surface area contributed by atoms with Crippen molar-refractivity contribution in [3.63, 3.8) is 0 Å². The lowest BCUT2D eigenvalue weighted by Gasteiger charge is -2.25. The molecule has 0 radical (unpaired) electrons. The van der Waals surface area contributed by atoms with E-state index in [1.165, 1.54) is 0 Å². The first-order valence-corrected chi connectivity index (χ1v) is 10.4. The number of aromatic nitrogens is 5. The lowest BCUT2D eigenvalue weighted by Crippen LogP contribution is -2.31. The fourth-order valence-electron chi connectivity index (χ4n) is 3.66. The second-order valence-electron chi connectivity index (χ2n) is 8.53. The Hall–Kier alpha value is -3.06. The summed E-state index contributed by atoms with van der Waals surface area (Å²) in [5, 5.41) is 12.9. The van der Waals surface area contributed by atoms with Crippen molar-refractivity contribution in [2.75, 3.05) is 13.1 Å². The van der Waals surface area contributed by atoms with Gasteiger partial charge in [0.15, 0.2) is 11.5 Å². The summed E-state index contributed by atoms with van der Waals surface area (Å²) in [7, 11) is 0. The third-order valence-corrected chi connectivity index (χ3v) is 4.80. The van der Waals surface area contributed by atoms with Gasteiger partial charge in [0.25, 0.3) is 5.89 Å². The molecule has 4 aromatic rings. The van der Waals surface area contributed by atoms with E-state index in [9.17, 15) is 0 Å². The standard InChI is InChI=1S/C23H28N6O/c1-16(2)13-28(14-17(3)4)15-21-26-25-20-12-19(10-11-29(20)21)23-24-22(27-30-23)18-8-6-5-7-9-18/h5-12,16-17H,13-15H2,1-4H3. The van der Waals surface area contributed by atoms with E-state index in [0.717, 1.165) is 42.2 Å². The van der Waals surface area contributed by atoms with Crippen LogP contribution in [0.15, 0.2) is 53.2 Å². The van der Waals surface area contributed by atoms with Crippen molar-refractivity contribution in [1.82, 2.24) is 29.6 Å². The molecule has 7 heteroatoms. The maximum Gasteiger partial charge on any atom is 0.258 e. The summed E-state index contributed by atoms with van der Waals surface area (Å²) in [6.07, 6.45) is 1.98. The van der Waals surface area contributed by atoms with Crippen molar-refractivity contribution < 1.29 is 4.52 Å². The molecule has 30 heavy (non-hydrogen) atoms. The predicted octanol–water partition coefficient (Wildman–Crippen LogP) is 4.56. The minimum absolute atomic E-state index is 0.474. The van der Waals surface area contributed by atoms with Gasteiger partial charge in [-0.1, -0.05) is 63.2 Å². The zero-order chi connectivity index (χ0) is 21.1. The van der Waals surface area contributed by atoms with Crippen LogP contribution in [0.25, 0.3) is 28.5 Å². The van der Waals surface area contributed by atoms with Crippen LogP contribution in [0, 0.1) is 11.8 Å². The van der Waals surface area contributed by atoms with E-state index in [-0.39, 0.29) is 0 Å². The number of fused-ring (bicyclic) bond motifs is 1. The summed E-state index contributed by atoms with van der Waals surface area (Å²) in [4.78, 5) is 6.98. The molecule has 0 amide bonds. The molecule has 0 aliphatic heterocycles. The highest BCUT2D eigenvalue weighted by Gasteiger charge is 2.16. The lowest BCUT2D eigenvalue weighted by molar-refractivity contribution is 0.206. The van der Waals surface area contributed by atoms with Gasteiger partial charge in [-0.15, -0.1) is 10.2 Å². The van der Waals surface area contributed by atoms with Crippen molar-refractivity contribution in [3.05, 3.63) is 54.5 Å². The number of rotatable bonds is 8. The Balaban J connectivity index is 1.57. The zero-order valence-electron chi connectivity index (χ0n) is 18.0. The van der Waals surface area contributed by atoms with Gasteiger partial charge < -0.3 is 4.52 Å². The zero-order valence-corrected chi connectivity index (χ0v) is 18.0. The van der Waals surface area contributed by atoms with Crippen LogP contribution in [-0.2, 0) is 6.54 Å². The van der Waals surface area contributed by atoms with Gasteiger partial charge in [0.1, 0.15) is 0 Å².